The van der Waals surface area contributed by atoms with E-state index >= 15 is 0 Å². The van der Waals surface area contributed by atoms with Crippen LogP contribution in [0, 0.1) is 0 Å². The van der Waals surface area contributed by atoms with Gasteiger partial charge in [0.1, 0.15) is 5.75 Å². The van der Waals surface area contributed by atoms with Crippen LogP contribution in [0.25, 0.3) is 10.8 Å². The van der Waals surface area contributed by atoms with E-state index in [1.807, 2.05) is 30.3 Å². The minimum atomic E-state index is 0. The maximum Gasteiger partial charge on any atom is 2.00 e. The number of benzene rings is 2. The minimum absolute atomic E-state index is 0. The summed E-state index contributed by atoms with van der Waals surface area (Å²) in [5.41, 5.74) is 4.26. The molecule has 0 aliphatic carbocycles. The molecule has 8 nitrogen and oxygen atoms in total. The van der Waals surface area contributed by atoms with Gasteiger partial charge in [-0.05, 0) is 35.9 Å². The Labute approximate surface area is 193 Å². The number of amidine groups is 2. The topological polar surface area (TPSA) is 106 Å². The van der Waals surface area contributed by atoms with E-state index in [0.29, 0.717) is 17.0 Å². The molecule has 2 rings (SSSR count). The van der Waals surface area contributed by atoms with E-state index < -0.39 is 0 Å². The number of phenolic OH excluding ortho intramolecular Hbond substituents is 1. The molecule has 0 spiro atoms. The van der Waals surface area contributed by atoms with Gasteiger partial charge in [0.2, 0.25) is 0 Å². The average Bonchev–Trinajstić information content (AvgIpc) is 2.71. The van der Waals surface area contributed by atoms with Gasteiger partial charge in [-0.3, -0.25) is 5.43 Å². The molecule has 0 saturated carbocycles. The minimum Gasteiger partial charge on any atom is -0.741 e. The van der Waals surface area contributed by atoms with Crippen LogP contribution in [0.5, 0.6) is 5.75 Å². The molecule has 0 amide bonds. The van der Waals surface area contributed by atoms with Crippen molar-refractivity contribution in [2.24, 2.45) is 25.5 Å². The predicted molar refractivity (Wildman–Crippen MR) is 121 cm³/mol. The fraction of sp³-hybridized carbons (Fsp3) is 0.167. The first-order chi connectivity index (χ1) is 13.4. The van der Waals surface area contributed by atoms with E-state index in [1.54, 1.807) is 27.0 Å². The Hall–Kier alpha value is -2.49. The van der Waals surface area contributed by atoms with Gasteiger partial charge < -0.3 is 35.7 Å². The summed E-state index contributed by atoms with van der Waals surface area (Å²) in [6.07, 6.45) is 1.49. The van der Waals surface area contributed by atoms with Gasteiger partial charge in [0.25, 0.3) is 0 Å². The van der Waals surface area contributed by atoms with Crippen LogP contribution in [0.3, 0.4) is 0 Å². The number of hydrogen-bond donors (Lipinski definition) is 3. The van der Waals surface area contributed by atoms with Crippen molar-refractivity contribution < 1.29 is 24.6 Å². The number of hydrazone groups is 1. The second-order valence-electron chi connectivity index (χ2n) is 5.52. The van der Waals surface area contributed by atoms with Crippen LogP contribution < -0.4 is 10.7 Å². The molecule has 0 aromatic heterocycles. The van der Waals surface area contributed by atoms with Crippen LogP contribution in [0.4, 0.5) is 0 Å². The molecule has 0 aliphatic heterocycles. The Bertz CT molecular complexity index is 1000. The van der Waals surface area contributed by atoms with Gasteiger partial charge in [-0.25, -0.2) is 0 Å². The number of nitrogens with zero attached hydrogens (tertiary/aromatic N) is 5. The van der Waals surface area contributed by atoms with Crippen LogP contribution in [-0.2, 0) is 44.7 Å². The van der Waals surface area contributed by atoms with Gasteiger partial charge in [-0.1, -0.05) is 30.3 Å². The normalized spacial score (nSPS) is 13.5. The molecule has 2 aromatic rings. The summed E-state index contributed by atoms with van der Waals surface area (Å²) in [5.74, 6) is 0.121. The quantitative estimate of drug-likeness (QED) is 0.201. The van der Waals surface area contributed by atoms with Gasteiger partial charge in [0.05, 0.1) is 17.6 Å². The number of rotatable bonds is 5. The first-order valence-corrected chi connectivity index (χ1v) is 9.00. The largest absolute Gasteiger partial charge is 2.00 e. The zero-order chi connectivity index (χ0) is 20.5. The Morgan fingerprint density at radius 2 is 1.55 bits per heavy atom. The molecule has 146 valence electrons. The van der Waals surface area contributed by atoms with Crippen molar-refractivity contribution in [3.05, 3.63) is 42.0 Å². The molecule has 0 heterocycles. The number of hydrogen-bond acceptors (Lipinski definition) is 8. The molecule has 0 saturated heterocycles. The van der Waals surface area contributed by atoms with Crippen LogP contribution in [0.15, 0.2) is 61.9 Å². The Morgan fingerprint density at radius 1 is 0.931 bits per heavy atom. The van der Waals surface area contributed by atoms with Crippen molar-refractivity contribution in [3.63, 3.8) is 0 Å². The van der Waals surface area contributed by atoms with Crippen LogP contribution in [0.2, 0.25) is 0 Å². The molecule has 11 heteroatoms. The third kappa shape index (κ3) is 7.45. The SMILES string of the molecule is CN/C([S-])=N/N=C(C)/C(C)=N/N=C(\[S-])N/N=C/c1c(O)ccc2ccccc12.[Zn+2]. The zero-order valence-electron chi connectivity index (χ0n) is 16.2. The van der Waals surface area contributed by atoms with Crippen LogP contribution >= 0.6 is 0 Å². The van der Waals surface area contributed by atoms with Crippen molar-refractivity contribution in [1.29, 1.82) is 0 Å². The summed E-state index contributed by atoms with van der Waals surface area (Å²) in [6, 6.07) is 11.1. The van der Waals surface area contributed by atoms with E-state index in [-0.39, 0.29) is 35.6 Å². The summed E-state index contributed by atoms with van der Waals surface area (Å²) in [5, 5.41) is 34.6. The summed E-state index contributed by atoms with van der Waals surface area (Å²) < 4.78 is 0. The van der Waals surface area contributed by atoms with Crippen molar-refractivity contribution >= 4 is 64.0 Å². The van der Waals surface area contributed by atoms with E-state index in [1.165, 1.54) is 6.21 Å². The van der Waals surface area contributed by atoms with Gasteiger partial charge >= 0.3 is 19.5 Å². The molecule has 29 heavy (non-hydrogen) atoms. The van der Waals surface area contributed by atoms with Gasteiger partial charge in [0.15, 0.2) is 0 Å². The molecular formula is C18H19N7OS2Zn. The summed E-state index contributed by atoms with van der Waals surface area (Å²) in [7, 11) is 1.66. The number of nitrogens with one attached hydrogen (secondary N) is 2. The molecule has 3 N–H and O–H groups in total. The van der Waals surface area contributed by atoms with Crippen LogP contribution in [-0.4, -0.2) is 40.1 Å². The monoisotopic (exact) mass is 477 g/mol. The first-order valence-electron chi connectivity index (χ1n) is 8.18. The maximum absolute atomic E-state index is 10.1. The summed E-state index contributed by atoms with van der Waals surface area (Å²) in [6.45, 7) is 3.45. The Kier molecular flexibility index (Phi) is 10.3. The van der Waals surface area contributed by atoms with Crippen molar-refractivity contribution in [3.8, 4) is 5.75 Å². The van der Waals surface area contributed by atoms with E-state index in [2.05, 4.69) is 36.2 Å². The van der Waals surface area contributed by atoms with Gasteiger partial charge in [0, 0.05) is 17.8 Å². The van der Waals surface area contributed by atoms with E-state index in [0.717, 1.165) is 10.8 Å². The molecule has 2 aromatic carbocycles. The standard InChI is InChI=1S/C18H21N7OS2.Zn/c1-11(21-24-17(27)19-3)12(2)22-25-18(28)23-20-10-15-14-7-5-4-6-13(14)8-9-16(15)26;/h4-10,26H,1-3H3,(H2,19,24,27)(H2,23,25,28);/q;+2/p-2/b20-10+,21-11+,22-12+;. The zero-order valence-corrected chi connectivity index (χ0v) is 20.8. The Balaban J connectivity index is 0.00000420. The fourth-order valence-corrected chi connectivity index (χ4v) is 2.16. The summed E-state index contributed by atoms with van der Waals surface area (Å²) >= 11 is 9.95. The van der Waals surface area contributed by atoms with Gasteiger partial charge in [-0.2, -0.15) is 25.5 Å². The third-order valence-corrected chi connectivity index (χ3v) is 4.08. The number of phenols is 1. The van der Waals surface area contributed by atoms with E-state index in [4.69, 9.17) is 25.3 Å². The van der Waals surface area contributed by atoms with E-state index in [9.17, 15) is 5.11 Å². The van der Waals surface area contributed by atoms with Crippen LogP contribution in [0.1, 0.15) is 19.4 Å². The molecule has 0 unspecified atom stereocenters. The van der Waals surface area contributed by atoms with Crippen molar-refractivity contribution in [1.82, 2.24) is 10.7 Å². The predicted octanol–water partition coefficient (Wildman–Crippen LogP) is 2.24. The molecule has 0 atom stereocenters. The second-order valence-corrected chi connectivity index (χ2v) is 6.29. The molecule has 0 radical (unpaired) electrons. The number of aromatic hydroxyl groups is 1. The van der Waals surface area contributed by atoms with Crippen molar-refractivity contribution in [2.45, 2.75) is 13.8 Å². The third-order valence-electron chi connectivity index (χ3n) is 3.62. The second kappa shape index (κ2) is 12.2. The number of fused-ring (bicyclic) bond motifs is 1. The Morgan fingerprint density at radius 3 is 2.21 bits per heavy atom. The van der Waals surface area contributed by atoms with Crippen molar-refractivity contribution in [2.75, 3.05) is 7.05 Å². The molecular weight excluding hydrogens is 460 g/mol. The maximum atomic E-state index is 10.1. The smallest absolute Gasteiger partial charge is 0.741 e. The average molecular weight is 479 g/mol. The molecule has 0 aliphatic rings. The molecule has 0 bridgehead atoms. The fourth-order valence-electron chi connectivity index (χ4n) is 2.03. The molecule has 0 fully saturated rings. The van der Waals surface area contributed by atoms with Gasteiger partial charge in [-0.15, -0.1) is 0 Å². The first kappa shape index (κ1) is 24.6. The summed E-state index contributed by atoms with van der Waals surface area (Å²) in [4.78, 5) is 0.